The summed E-state index contributed by atoms with van der Waals surface area (Å²) in [5.41, 5.74) is 0.812. The van der Waals surface area contributed by atoms with E-state index in [1.165, 1.54) is 6.20 Å². The molecule has 1 heterocycles. The first kappa shape index (κ1) is 12.9. The largest absolute Gasteiger partial charge is 0.366 e. The molecule has 6 heteroatoms. The van der Waals surface area contributed by atoms with Crippen molar-refractivity contribution < 1.29 is 4.79 Å². The minimum atomic E-state index is -0.330. The van der Waals surface area contributed by atoms with Crippen LogP contribution in [0.1, 0.15) is 23.3 Å². The third kappa shape index (κ3) is 3.05. The molecule has 0 spiro atoms. The van der Waals surface area contributed by atoms with Crippen molar-refractivity contribution in [2.45, 2.75) is 18.9 Å². The van der Waals surface area contributed by atoms with Gasteiger partial charge in [-0.2, -0.15) is 0 Å². The lowest BCUT2D eigenvalue weighted by Gasteiger charge is -2.07. The number of hydrogen-bond donors (Lipinski definition) is 2. The van der Waals surface area contributed by atoms with E-state index < -0.39 is 0 Å². The van der Waals surface area contributed by atoms with Gasteiger partial charge in [0.05, 0.1) is 23.1 Å². The fourth-order valence-electron chi connectivity index (χ4n) is 1.71. The molecule has 0 bridgehead atoms. The molecule has 102 valence electrons. The number of benzene rings is 1. The van der Waals surface area contributed by atoms with Gasteiger partial charge in [-0.15, -0.1) is 0 Å². The Morgan fingerprint density at radius 1 is 1.20 bits per heavy atom. The van der Waals surface area contributed by atoms with Crippen molar-refractivity contribution in [3.8, 4) is 0 Å². The molecule has 1 amide bonds. The molecule has 1 saturated carbocycles. The lowest BCUT2D eigenvalue weighted by molar-refractivity contribution is 0.102. The zero-order valence-electron chi connectivity index (χ0n) is 10.6. The number of aromatic nitrogens is 2. The van der Waals surface area contributed by atoms with Crippen LogP contribution in [0.4, 0.5) is 11.5 Å². The van der Waals surface area contributed by atoms with E-state index in [2.05, 4.69) is 20.6 Å². The maximum atomic E-state index is 12.0. The molecule has 20 heavy (non-hydrogen) atoms. The van der Waals surface area contributed by atoms with Gasteiger partial charge in [-0.3, -0.25) is 4.79 Å². The first-order valence-corrected chi connectivity index (χ1v) is 6.74. The van der Waals surface area contributed by atoms with Crippen molar-refractivity contribution in [2.24, 2.45) is 0 Å². The Labute approximate surface area is 121 Å². The number of hydrogen-bond acceptors (Lipinski definition) is 4. The second kappa shape index (κ2) is 5.46. The number of carbonyl (C=O) groups excluding carboxylic acids is 1. The molecule has 1 aliphatic carbocycles. The van der Waals surface area contributed by atoms with Gasteiger partial charge in [0.25, 0.3) is 5.91 Å². The lowest BCUT2D eigenvalue weighted by atomic mass is 10.3. The van der Waals surface area contributed by atoms with Crippen LogP contribution in [0.5, 0.6) is 0 Å². The van der Waals surface area contributed by atoms with Crippen LogP contribution >= 0.6 is 11.6 Å². The predicted molar refractivity (Wildman–Crippen MR) is 78.1 cm³/mol. The fourth-order valence-corrected chi connectivity index (χ4v) is 1.89. The molecular formula is C14H13ClN4O. The highest BCUT2D eigenvalue weighted by molar-refractivity contribution is 6.33. The van der Waals surface area contributed by atoms with E-state index in [-0.39, 0.29) is 11.6 Å². The molecule has 3 rings (SSSR count). The number of rotatable bonds is 4. The van der Waals surface area contributed by atoms with E-state index in [1.54, 1.807) is 30.5 Å². The van der Waals surface area contributed by atoms with E-state index in [0.717, 1.165) is 12.8 Å². The van der Waals surface area contributed by atoms with E-state index in [9.17, 15) is 4.79 Å². The van der Waals surface area contributed by atoms with E-state index in [4.69, 9.17) is 11.6 Å². The SMILES string of the molecule is O=C(Nc1ccccc1Cl)c1cnc(NC2CC2)cn1. The second-order valence-electron chi connectivity index (χ2n) is 4.64. The van der Waals surface area contributed by atoms with Crippen LogP contribution in [0, 0.1) is 0 Å². The van der Waals surface area contributed by atoms with Crippen molar-refractivity contribution in [2.75, 3.05) is 10.6 Å². The second-order valence-corrected chi connectivity index (χ2v) is 5.05. The summed E-state index contributed by atoms with van der Waals surface area (Å²) >= 11 is 5.98. The fraction of sp³-hybridized carbons (Fsp3) is 0.214. The van der Waals surface area contributed by atoms with Crippen LogP contribution in [-0.4, -0.2) is 21.9 Å². The first-order chi connectivity index (χ1) is 9.72. The normalized spacial score (nSPS) is 13.8. The molecule has 1 aliphatic rings. The summed E-state index contributed by atoms with van der Waals surface area (Å²) in [6.45, 7) is 0. The Kier molecular flexibility index (Phi) is 3.52. The Bertz CT molecular complexity index is 625. The number of para-hydroxylation sites is 1. The van der Waals surface area contributed by atoms with Crippen molar-refractivity contribution in [1.29, 1.82) is 0 Å². The van der Waals surface area contributed by atoms with Gasteiger partial charge in [0.1, 0.15) is 11.5 Å². The third-order valence-electron chi connectivity index (χ3n) is 2.94. The maximum Gasteiger partial charge on any atom is 0.275 e. The van der Waals surface area contributed by atoms with Gasteiger partial charge in [0.15, 0.2) is 0 Å². The smallest absolute Gasteiger partial charge is 0.275 e. The molecule has 2 aromatic rings. The highest BCUT2D eigenvalue weighted by Crippen LogP contribution is 2.23. The summed E-state index contributed by atoms with van der Waals surface area (Å²) in [5.74, 6) is 0.366. The minimum absolute atomic E-state index is 0.256. The Hall–Kier alpha value is -2.14. The van der Waals surface area contributed by atoms with Gasteiger partial charge < -0.3 is 10.6 Å². The van der Waals surface area contributed by atoms with Crippen molar-refractivity contribution >= 4 is 29.0 Å². The van der Waals surface area contributed by atoms with Crippen LogP contribution in [0.25, 0.3) is 0 Å². The van der Waals surface area contributed by atoms with Gasteiger partial charge in [-0.25, -0.2) is 9.97 Å². The number of anilines is 2. The lowest BCUT2D eigenvalue weighted by Crippen LogP contribution is -2.15. The maximum absolute atomic E-state index is 12.0. The highest BCUT2D eigenvalue weighted by atomic mass is 35.5. The van der Waals surface area contributed by atoms with E-state index in [0.29, 0.717) is 22.6 Å². The molecule has 0 aliphatic heterocycles. The topological polar surface area (TPSA) is 66.9 Å². The zero-order valence-corrected chi connectivity index (χ0v) is 11.4. The van der Waals surface area contributed by atoms with Gasteiger partial charge in [-0.05, 0) is 25.0 Å². The number of halogens is 1. The average molecular weight is 289 g/mol. The Balaban J connectivity index is 1.68. The number of amides is 1. The number of nitrogens with one attached hydrogen (secondary N) is 2. The van der Waals surface area contributed by atoms with Gasteiger partial charge in [0, 0.05) is 6.04 Å². The van der Waals surface area contributed by atoms with Crippen molar-refractivity contribution in [3.63, 3.8) is 0 Å². The molecular weight excluding hydrogens is 276 g/mol. The Morgan fingerprint density at radius 2 is 2.00 bits per heavy atom. The third-order valence-corrected chi connectivity index (χ3v) is 3.27. The summed E-state index contributed by atoms with van der Waals surface area (Å²) in [4.78, 5) is 20.3. The van der Waals surface area contributed by atoms with Crippen molar-refractivity contribution in [1.82, 2.24) is 9.97 Å². The van der Waals surface area contributed by atoms with Crippen LogP contribution in [0.15, 0.2) is 36.7 Å². The molecule has 1 aromatic carbocycles. The summed E-state index contributed by atoms with van der Waals surface area (Å²) < 4.78 is 0. The summed E-state index contributed by atoms with van der Waals surface area (Å²) in [6.07, 6.45) is 5.35. The molecule has 0 saturated heterocycles. The number of carbonyl (C=O) groups is 1. The number of nitrogens with zero attached hydrogens (tertiary/aromatic N) is 2. The Morgan fingerprint density at radius 3 is 2.65 bits per heavy atom. The zero-order chi connectivity index (χ0) is 13.9. The van der Waals surface area contributed by atoms with Crippen LogP contribution in [0.2, 0.25) is 5.02 Å². The predicted octanol–water partition coefficient (Wildman–Crippen LogP) is 2.96. The quantitative estimate of drug-likeness (QED) is 0.908. The molecule has 0 atom stereocenters. The average Bonchev–Trinajstić information content (AvgIpc) is 3.26. The van der Waals surface area contributed by atoms with Crippen molar-refractivity contribution in [3.05, 3.63) is 47.4 Å². The van der Waals surface area contributed by atoms with Gasteiger partial charge >= 0.3 is 0 Å². The first-order valence-electron chi connectivity index (χ1n) is 6.37. The summed E-state index contributed by atoms with van der Waals surface area (Å²) in [7, 11) is 0. The highest BCUT2D eigenvalue weighted by Gasteiger charge is 2.21. The van der Waals surface area contributed by atoms with Crippen LogP contribution in [-0.2, 0) is 0 Å². The molecule has 1 aromatic heterocycles. The molecule has 1 fully saturated rings. The molecule has 0 radical (unpaired) electrons. The van der Waals surface area contributed by atoms with E-state index in [1.807, 2.05) is 0 Å². The van der Waals surface area contributed by atoms with Crippen LogP contribution in [0.3, 0.4) is 0 Å². The minimum Gasteiger partial charge on any atom is -0.366 e. The van der Waals surface area contributed by atoms with Crippen LogP contribution < -0.4 is 10.6 Å². The summed E-state index contributed by atoms with van der Waals surface area (Å²) in [6, 6.07) is 7.56. The van der Waals surface area contributed by atoms with E-state index >= 15 is 0 Å². The molecule has 0 unspecified atom stereocenters. The summed E-state index contributed by atoms with van der Waals surface area (Å²) in [5, 5.41) is 6.41. The standard InChI is InChI=1S/C14H13ClN4O/c15-10-3-1-2-4-11(10)19-14(20)12-7-17-13(8-16-12)18-9-5-6-9/h1-4,7-9H,5-6H2,(H,17,18)(H,19,20). The molecule has 2 N–H and O–H groups in total. The molecule has 5 nitrogen and oxygen atoms in total. The monoisotopic (exact) mass is 288 g/mol. The van der Waals surface area contributed by atoms with Gasteiger partial charge in [0.2, 0.25) is 0 Å². The van der Waals surface area contributed by atoms with Gasteiger partial charge in [-0.1, -0.05) is 23.7 Å².